The van der Waals surface area contributed by atoms with Crippen LogP contribution in [0.3, 0.4) is 0 Å². The van der Waals surface area contributed by atoms with Crippen molar-refractivity contribution in [2.24, 2.45) is 0 Å². The third-order valence-corrected chi connectivity index (χ3v) is 4.03. The Morgan fingerprint density at radius 2 is 1.95 bits per heavy atom. The fraction of sp³-hybridized carbons (Fsp3) is 0.118. The van der Waals surface area contributed by atoms with Gasteiger partial charge in [-0.1, -0.05) is 29.3 Å². The van der Waals surface area contributed by atoms with Gasteiger partial charge in [0, 0.05) is 28.8 Å². The number of aromatic nitrogens is 1. The second-order valence-electron chi connectivity index (χ2n) is 4.92. The van der Waals surface area contributed by atoms with Crippen LogP contribution in [0.1, 0.15) is 11.1 Å². The normalized spacial score (nSPS) is 10.8. The molecule has 106 valence electrons. The minimum Gasteiger partial charge on any atom is -0.380 e. The van der Waals surface area contributed by atoms with Gasteiger partial charge < -0.3 is 5.32 Å². The predicted octanol–water partition coefficient (Wildman–Crippen LogP) is 5.46. The van der Waals surface area contributed by atoms with Crippen LogP contribution < -0.4 is 5.32 Å². The summed E-state index contributed by atoms with van der Waals surface area (Å²) in [5.41, 5.74) is 4.23. The number of hydrogen-bond acceptors (Lipinski definition) is 2. The van der Waals surface area contributed by atoms with Gasteiger partial charge in [0.15, 0.2) is 0 Å². The Morgan fingerprint density at radius 3 is 2.76 bits per heavy atom. The molecule has 2 nitrogen and oxygen atoms in total. The average Bonchev–Trinajstić information content (AvgIpc) is 2.48. The fourth-order valence-corrected chi connectivity index (χ4v) is 2.78. The van der Waals surface area contributed by atoms with E-state index in [0.717, 1.165) is 28.2 Å². The van der Waals surface area contributed by atoms with Crippen LogP contribution in [-0.2, 0) is 6.54 Å². The summed E-state index contributed by atoms with van der Waals surface area (Å²) in [5, 5.41) is 5.90. The van der Waals surface area contributed by atoms with Crippen molar-refractivity contribution in [3.63, 3.8) is 0 Å². The molecule has 0 aliphatic carbocycles. The monoisotopic (exact) mass is 316 g/mol. The van der Waals surface area contributed by atoms with Gasteiger partial charge in [-0.15, -0.1) is 0 Å². The molecule has 0 amide bonds. The van der Waals surface area contributed by atoms with Gasteiger partial charge in [-0.05, 0) is 54.4 Å². The molecule has 0 unspecified atom stereocenters. The van der Waals surface area contributed by atoms with Crippen LogP contribution in [0, 0.1) is 6.92 Å². The molecule has 21 heavy (non-hydrogen) atoms. The van der Waals surface area contributed by atoms with E-state index < -0.39 is 0 Å². The van der Waals surface area contributed by atoms with E-state index >= 15 is 0 Å². The highest BCUT2D eigenvalue weighted by Crippen LogP contribution is 2.28. The van der Waals surface area contributed by atoms with Gasteiger partial charge in [0.1, 0.15) is 0 Å². The van der Waals surface area contributed by atoms with Crippen molar-refractivity contribution in [3.8, 4) is 0 Å². The van der Waals surface area contributed by atoms with Crippen LogP contribution in [-0.4, -0.2) is 4.98 Å². The van der Waals surface area contributed by atoms with E-state index in [9.17, 15) is 0 Å². The lowest BCUT2D eigenvalue weighted by Gasteiger charge is -2.12. The van der Waals surface area contributed by atoms with E-state index in [1.54, 1.807) is 6.20 Å². The second kappa shape index (κ2) is 5.92. The largest absolute Gasteiger partial charge is 0.380 e. The molecule has 0 bridgehead atoms. The van der Waals surface area contributed by atoms with E-state index in [0.29, 0.717) is 5.02 Å². The Bertz CT molecular complexity index is 800. The molecule has 0 saturated carbocycles. The number of aryl methyl sites for hydroxylation is 1. The maximum atomic E-state index is 6.18. The standard InChI is InChI=1S/C17H14Cl2N2/c1-11-9-13(18)5-4-12(11)10-21-16-7-6-15(19)17-14(16)3-2-8-20-17/h2-9,21H,10H2,1H3. The van der Waals surface area contributed by atoms with Crippen LogP contribution in [0.2, 0.25) is 10.0 Å². The summed E-state index contributed by atoms with van der Waals surface area (Å²) in [6, 6.07) is 13.7. The van der Waals surface area contributed by atoms with Crippen molar-refractivity contribution in [1.29, 1.82) is 0 Å². The van der Waals surface area contributed by atoms with Gasteiger partial charge in [-0.2, -0.15) is 0 Å². The first-order valence-corrected chi connectivity index (χ1v) is 7.43. The van der Waals surface area contributed by atoms with Crippen LogP contribution in [0.15, 0.2) is 48.7 Å². The van der Waals surface area contributed by atoms with Crippen molar-refractivity contribution < 1.29 is 0 Å². The average molecular weight is 317 g/mol. The van der Waals surface area contributed by atoms with Crippen molar-refractivity contribution in [1.82, 2.24) is 4.98 Å². The zero-order valence-electron chi connectivity index (χ0n) is 11.5. The van der Waals surface area contributed by atoms with Crippen LogP contribution in [0.4, 0.5) is 5.69 Å². The lowest BCUT2D eigenvalue weighted by molar-refractivity contribution is 1.12. The number of benzene rings is 2. The lowest BCUT2D eigenvalue weighted by atomic mass is 10.1. The van der Waals surface area contributed by atoms with E-state index in [1.807, 2.05) is 42.5 Å². The molecule has 1 heterocycles. The predicted molar refractivity (Wildman–Crippen MR) is 90.3 cm³/mol. The van der Waals surface area contributed by atoms with Gasteiger partial charge in [0.05, 0.1) is 10.5 Å². The van der Waals surface area contributed by atoms with Gasteiger partial charge >= 0.3 is 0 Å². The Labute approximate surface area is 133 Å². The molecule has 0 atom stereocenters. The molecular formula is C17H14Cl2N2. The molecule has 2 aromatic carbocycles. The van der Waals surface area contributed by atoms with E-state index in [4.69, 9.17) is 23.2 Å². The molecule has 0 saturated heterocycles. The molecule has 1 aromatic heterocycles. The summed E-state index contributed by atoms with van der Waals surface area (Å²) in [6.07, 6.45) is 1.75. The molecule has 0 fully saturated rings. The molecular weight excluding hydrogens is 303 g/mol. The molecule has 0 aliphatic rings. The van der Waals surface area contributed by atoms with E-state index in [2.05, 4.69) is 17.2 Å². The number of pyridine rings is 1. The lowest BCUT2D eigenvalue weighted by Crippen LogP contribution is -2.02. The quantitative estimate of drug-likeness (QED) is 0.693. The molecule has 3 aromatic rings. The second-order valence-corrected chi connectivity index (χ2v) is 5.76. The topological polar surface area (TPSA) is 24.9 Å². The Morgan fingerprint density at radius 1 is 1.10 bits per heavy atom. The molecule has 0 radical (unpaired) electrons. The molecule has 0 aliphatic heterocycles. The third kappa shape index (κ3) is 2.97. The van der Waals surface area contributed by atoms with Crippen LogP contribution >= 0.6 is 23.2 Å². The van der Waals surface area contributed by atoms with Crippen molar-refractivity contribution in [3.05, 3.63) is 69.8 Å². The highest BCUT2D eigenvalue weighted by atomic mass is 35.5. The van der Waals surface area contributed by atoms with E-state index in [-0.39, 0.29) is 0 Å². The van der Waals surface area contributed by atoms with Crippen molar-refractivity contribution in [2.45, 2.75) is 13.5 Å². The summed E-state index contributed by atoms with van der Waals surface area (Å²) in [7, 11) is 0. The van der Waals surface area contributed by atoms with Gasteiger partial charge in [-0.25, -0.2) is 0 Å². The number of rotatable bonds is 3. The third-order valence-electron chi connectivity index (χ3n) is 3.49. The zero-order chi connectivity index (χ0) is 14.8. The first-order valence-electron chi connectivity index (χ1n) is 6.67. The van der Waals surface area contributed by atoms with Crippen LogP contribution in [0.5, 0.6) is 0 Å². The van der Waals surface area contributed by atoms with Gasteiger partial charge in [-0.3, -0.25) is 4.98 Å². The fourth-order valence-electron chi connectivity index (χ4n) is 2.34. The summed E-state index contributed by atoms with van der Waals surface area (Å²) in [5.74, 6) is 0. The number of nitrogens with zero attached hydrogens (tertiary/aromatic N) is 1. The highest BCUT2D eigenvalue weighted by molar-refractivity contribution is 6.35. The Kier molecular flexibility index (Phi) is 4.00. The van der Waals surface area contributed by atoms with Crippen LogP contribution in [0.25, 0.3) is 10.9 Å². The number of hydrogen-bond donors (Lipinski definition) is 1. The number of halogens is 2. The van der Waals surface area contributed by atoms with E-state index in [1.165, 1.54) is 11.1 Å². The van der Waals surface area contributed by atoms with Crippen molar-refractivity contribution in [2.75, 3.05) is 5.32 Å². The first kappa shape index (κ1) is 14.2. The maximum Gasteiger partial charge on any atom is 0.0908 e. The SMILES string of the molecule is Cc1cc(Cl)ccc1CNc1ccc(Cl)c2ncccc12. The molecule has 3 rings (SSSR count). The maximum absolute atomic E-state index is 6.18. The number of anilines is 1. The summed E-state index contributed by atoms with van der Waals surface area (Å²) < 4.78 is 0. The van der Waals surface area contributed by atoms with Crippen molar-refractivity contribution >= 4 is 39.8 Å². The zero-order valence-corrected chi connectivity index (χ0v) is 13.0. The highest BCUT2D eigenvalue weighted by Gasteiger charge is 2.06. The molecule has 1 N–H and O–H groups in total. The first-order chi connectivity index (χ1) is 10.1. The number of nitrogens with one attached hydrogen (secondary N) is 1. The Hall–Kier alpha value is -1.77. The smallest absolute Gasteiger partial charge is 0.0908 e. The summed E-state index contributed by atoms with van der Waals surface area (Å²) in [4.78, 5) is 4.34. The minimum absolute atomic E-state index is 0.666. The number of fused-ring (bicyclic) bond motifs is 1. The van der Waals surface area contributed by atoms with Gasteiger partial charge in [0.2, 0.25) is 0 Å². The molecule has 0 spiro atoms. The molecule has 4 heteroatoms. The Balaban J connectivity index is 1.90. The van der Waals surface area contributed by atoms with Gasteiger partial charge in [0.25, 0.3) is 0 Å². The summed E-state index contributed by atoms with van der Waals surface area (Å²) >= 11 is 12.2. The summed E-state index contributed by atoms with van der Waals surface area (Å²) in [6.45, 7) is 2.79. The minimum atomic E-state index is 0.666.